The summed E-state index contributed by atoms with van der Waals surface area (Å²) in [6, 6.07) is 38.8. The number of hydrogen-bond acceptors (Lipinski definition) is 9. The van der Waals surface area contributed by atoms with Gasteiger partial charge < -0.3 is 20.5 Å². The van der Waals surface area contributed by atoms with E-state index in [1.807, 2.05) is 68.4 Å². The second kappa shape index (κ2) is 18.3. The predicted octanol–water partition coefficient (Wildman–Crippen LogP) is 12.1. The molecule has 8 nitrogen and oxygen atoms in total. The number of fused-ring (bicyclic) bond motifs is 2. The highest BCUT2D eigenvalue weighted by Gasteiger charge is 2.12. The Balaban J connectivity index is 0.000000160. The lowest BCUT2D eigenvalue weighted by Crippen LogP contribution is -2.13. The summed E-state index contributed by atoms with van der Waals surface area (Å²) in [6.07, 6.45) is 0. The van der Waals surface area contributed by atoms with Crippen molar-refractivity contribution in [2.24, 2.45) is 0 Å². The van der Waals surface area contributed by atoms with E-state index >= 15 is 0 Å². The number of anilines is 2. The molecule has 0 aliphatic heterocycles. The fourth-order valence-electron chi connectivity index (χ4n) is 5.83. The second-order valence-electron chi connectivity index (χ2n) is 13.3. The Hall–Kier alpha value is -6.07. The highest BCUT2D eigenvalue weighted by atomic mass is 35.5. The highest BCUT2D eigenvalue weighted by Crippen LogP contribution is 2.32. The topological polar surface area (TPSA) is 116 Å². The van der Waals surface area contributed by atoms with Gasteiger partial charge >= 0.3 is 0 Å². The normalized spacial score (nSPS) is 10.6. The van der Waals surface area contributed by atoms with Gasteiger partial charge in [0.25, 0.3) is 11.1 Å². The zero-order valence-electron chi connectivity index (χ0n) is 32.3. The molecule has 0 radical (unpaired) electrons. The zero-order chi connectivity index (χ0) is 40.6. The van der Waals surface area contributed by atoms with E-state index in [-0.39, 0.29) is 5.91 Å². The third-order valence-corrected chi connectivity index (χ3v) is 11.3. The molecular formula is C46H41ClN4O4S2. The average Bonchev–Trinajstić information content (AvgIpc) is 3.82. The van der Waals surface area contributed by atoms with Gasteiger partial charge in [-0.3, -0.25) is 9.59 Å². The van der Waals surface area contributed by atoms with Crippen molar-refractivity contribution in [1.82, 2.24) is 9.97 Å². The first-order chi connectivity index (χ1) is 27.4. The monoisotopic (exact) mass is 812 g/mol. The van der Waals surface area contributed by atoms with Crippen LogP contribution in [0.2, 0.25) is 0 Å². The third-order valence-electron chi connectivity index (χ3n) is 8.96. The van der Waals surface area contributed by atoms with Gasteiger partial charge in [-0.25, -0.2) is 9.97 Å². The molecule has 2 aromatic heterocycles. The molecule has 0 aliphatic carbocycles. The minimum Gasteiger partial charge on any atom is -0.497 e. The van der Waals surface area contributed by atoms with Crippen LogP contribution in [0.1, 0.15) is 43.0 Å². The molecule has 1 amide bonds. The van der Waals surface area contributed by atoms with E-state index in [2.05, 4.69) is 60.5 Å². The summed E-state index contributed by atoms with van der Waals surface area (Å²) in [4.78, 5) is 32.7. The van der Waals surface area contributed by atoms with Crippen molar-refractivity contribution in [3.05, 3.63) is 155 Å². The number of aromatic nitrogens is 2. The van der Waals surface area contributed by atoms with Crippen LogP contribution < -0.4 is 20.5 Å². The lowest BCUT2D eigenvalue weighted by molar-refractivity contribution is 0.102. The Labute approximate surface area is 344 Å². The molecule has 0 aliphatic rings. The fraction of sp³-hybridized carbons (Fsp3) is 0.130. The summed E-state index contributed by atoms with van der Waals surface area (Å²) in [5, 5.41) is 4.54. The van der Waals surface area contributed by atoms with Gasteiger partial charge in [0.2, 0.25) is 0 Å². The van der Waals surface area contributed by atoms with Crippen molar-refractivity contribution < 1.29 is 19.1 Å². The SMILES string of the molecule is COc1ccc(C(=O)Cl)c(C)c1.COc1ccc(C(=O)Nc2ccc(-c3nc4ccc(C)cc4s3)cc2)c(C)c1.Cc1ccc2nc(-c3ccc(N)cc3)sc2c1. The molecule has 0 saturated heterocycles. The number of halogens is 1. The van der Waals surface area contributed by atoms with Crippen molar-refractivity contribution in [2.45, 2.75) is 27.7 Å². The van der Waals surface area contributed by atoms with Gasteiger partial charge in [0.15, 0.2) is 0 Å². The molecule has 2 heterocycles. The van der Waals surface area contributed by atoms with Crippen LogP contribution in [0.4, 0.5) is 11.4 Å². The van der Waals surface area contributed by atoms with Crippen LogP contribution in [0.15, 0.2) is 121 Å². The van der Waals surface area contributed by atoms with Gasteiger partial charge in [-0.2, -0.15) is 0 Å². The standard InChI is InChI=1S/C23H20N2O2S.C14H12N2S.C9H9ClO2/c1-14-4-11-20-21(12-14)28-23(25-20)16-5-7-17(8-6-16)24-22(26)19-10-9-18(27-3)13-15(19)2;1-9-2-7-12-13(8-9)17-14(16-12)10-3-5-11(15)6-4-10;1-6-5-7(12-2)3-4-8(6)9(10)11/h4-13H,1-3H3,(H,24,26);2-8H,15H2,1H3;3-5H,1-2H3. The van der Waals surface area contributed by atoms with E-state index in [0.717, 1.165) is 66.2 Å². The smallest absolute Gasteiger partial charge is 0.255 e. The molecular weight excluding hydrogens is 772 g/mol. The maximum Gasteiger partial charge on any atom is 0.255 e. The first kappa shape index (κ1) is 40.6. The number of methoxy groups -OCH3 is 2. The lowest BCUT2D eigenvalue weighted by Gasteiger charge is -2.09. The van der Waals surface area contributed by atoms with Crippen LogP contribution in [0.3, 0.4) is 0 Å². The number of carbonyl (C=O) groups is 2. The van der Waals surface area contributed by atoms with Crippen molar-refractivity contribution in [3.8, 4) is 32.6 Å². The molecule has 0 bridgehead atoms. The summed E-state index contributed by atoms with van der Waals surface area (Å²) in [5.41, 5.74) is 16.8. The Morgan fingerprint density at radius 3 is 1.49 bits per heavy atom. The first-order valence-electron chi connectivity index (χ1n) is 17.9. The summed E-state index contributed by atoms with van der Waals surface area (Å²) in [6.45, 7) is 7.90. The summed E-state index contributed by atoms with van der Waals surface area (Å²) < 4.78 is 12.6. The average molecular weight is 813 g/mol. The number of hydrogen-bond donors (Lipinski definition) is 2. The Bertz CT molecular complexity index is 2690. The number of nitrogens with two attached hydrogens (primary N) is 1. The number of nitrogens with zero attached hydrogens (tertiary/aromatic N) is 2. The van der Waals surface area contributed by atoms with Crippen LogP contribution in [0, 0.1) is 27.7 Å². The molecule has 57 heavy (non-hydrogen) atoms. The van der Waals surface area contributed by atoms with Gasteiger partial charge in [0.1, 0.15) is 21.5 Å². The molecule has 0 saturated carbocycles. The number of thiazole rings is 2. The van der Waals surface area contributed by atoms with Gasteiger partial charge in [0, 0.05) is 33.6 Å². The van der Waals surface area contributed by atoms with E-state index in [4.69, 9.17) is 31.8 Å². The zero-order valence-corrected chi connectivity index (χ0v) is 34.7. The number of benzene rings is 6. The van der Waals surface area contributed by atoms with E-state index in [1.165, 1.54) is 20.5 Å². The van der Waals surface area contributed by atoms with Crippen molar-refractivity contribution in [1.29, 1.82) is 0 Å². The molecule has 8 rings (SSSR count). The molecule has 3 N–H and O–H groups in total. The van der Waals surface area contributed by atoms with E-state index < -0.39 is 5.24 Å². The van der Waals surface area contributed by atoms with Crippen molar-refractivity contribution in [2.75, 3.05) is 25.3 Å². The van der Waals surface area contributed by atoms with E-state index in [1.54, 1.807) is 67.2 Å². The minimum absolute atomic E-state index is 0.136. The van der Waals surface area contributed by atoms with Gasteiger partial charge in [0.05, 0.1) is 34.7 Å². The van der Waals surface area contributed by atoms with Crippen LogP contribution in [0.25, 0.3) is 41.6 Å². The van der Waals surface area contributed by atoms with Gasteiger partial charge in [-0.15, -0.1) is 22.7 Å². The molecule has 0 spiro atoms. The Kier molecular flexibility index (Phi) is 13.0. The largest absolute Gasteiger partial charge is 0.497 e. The third kappa shape index (κ3) is 10.2. The molecule has 288 valence electrons. The molecule has 0 unspecified atom stereocenters. The number of nitrogens with one attached hydrogen (secondary N) is 1. The van der Waals surface area contributed by atoms with Crippen LogP contribution in [-0.4, -0.2) is 35.3 Å². The minimum atomic E-state index is -0.435. The van der Waals surface area contributed by atoms with Crippen molar-refractivity contribution >= 4 is 77.2 Å². The quantitative estimate of drug-likeness (QED) is 0.122. The lowest BCUT2D eigenvalue weighted by atomic mass is 10.1. The Morgan fingerprint density at radius 2 is 1.05 bits per heavy atom. The molecule has 0 atom stereocenters. The summed E-state index contributed by atoms with van der Waals surface area (Å²) in [5.74, 6) is 1.34. The number of carbonyl (C=O) groups excluding carboxylic acids is 2. The van der Waals surface area contributed by atoms with E-state index in [0.29, 0.717) is 11.1 Å². The van der Waals surface area contributed by atoms with Crippen LogP contribution >= 0.6 is 34.3 Å². The summed E-state index contributed by atoms with van der Waals surface area (Å²) >= 11 is 8.72. The fourth-order valence-corrected chi connectivity index (χ4v) is 8.18. The number of nitrogen functional groups attached to an aromatic ring is 1. The second-order valence-corrected chi connectivity index (χ2v) is 15.7. The molecule has 0 fully saturated rings. The molecule has 6 aromatic carbocycles. The number of aryl methyl sites for hydroxylation is 4. The Morgan fingerprint density at radius 1 is 0.596 bits per heavy atom. The van der Waals surface area contributed by atoms with Crippen LogP contribution in [0.5, 0.6) is 11.5 Å². The maximum absolute atomic E-state index is 12.6. The van der Waals surface area contributed by atoms with Crippen molar-refractivity contribution in [3.63, 3.8) is 0 Å². The summed E-state index contributed by atoms with van der Waals surface area (Å²) in [7, 11) is 3.19. The predicted molar refractivity (Wildman–Crippen MR) is 238 cm³/mol. The number of amides is 1. The molecule has 11 heteroatoms. The maximum atomic E-state index is 12.6. The van der Waals surface area contributed by atoms with Gasteiger partial charge in [-0.05, 0) is 171 Å². The van der Waals surface area contributed by atoms with E-state index in [9.17, 15) is 9.59 Å². The molecule has 8 aromatic rings. The van der Waals surface area contributed by atoms with Crippen LogP contribution in [-0.2, 0) is 0 Å². The highest BCUT2D eigenvalue weighted by molar-refractivity contribution is 7.22. The van der Waals surface area contributed by atoms with Gasteiger partial charge in [-0.1, -0.05) is 12.1 Å². The number of ether oxygens (including phenoxy) is 2. The number of rotatable bonds is 7. The first-order valence-corrected chi connectivity index (χ1v) is 19.9.